The van der Waals surface area contributed by atoms with Crippen molar-refractivity contribution in [1.29, 1.82) is 0 Å². The van der Waals surface area contributed by atoms with E-state index in [4.69, 9.17) is 0 Å². The predicted octanol–water partition coefficient (Wildman–Crippen LogP) is 3.77. The van der Waals surface area contributed by atoms with Crippen molar-refractivity contribution in [3.05, 3.63) is 29.8 Å². The van der Waals surface area contributed by atoms with Crippen LogP contribution < -0.4 is 16.0 Å². The number of nitrogens with one attached hydrogen (secondary N) is 3. The van der Waals surface area contributed by atoms with Gasteiger partial charge in [0.1, 0.15) is 11.2 Å². The maximum absolute atomic E-state index is 13.0. The van der Waals surface area contributed by atoms with Crippen LogP contribution in [0.2, 0.25) is 0 Å². The molecule has 1 aromatic carbocycles. The molecule has 3 fully saturated rings. The summed E-state index contributed by atoms with van der Waals surface area (Å²) in [4.78, 5) is 25.1. The number of likely N-dealkylation sites (tertiary alicyclic amines) is 1. The second-order valence-corrected chi connectivity index (χ2v) is 10.9. The molecule has 2 unspecified atom stereocenters. The van der Waals surface area contributed by atoms with E-state index in [1.807, 2.05) is 4.90 Å². The third-order valence-corrected chi connectivity index (χ3v) is 7.11. The molecule has 0 bridgehead atoms. The molecule has 2 amide bonds. The number of hydrogen-bond donors (Lipinski definition) is 3. The Balaban J connectivity index is 1.47. The highest BCUT2D eigenvalue weighted by atomic mass is 32.5. The summed E-state index contributed by atoms with van der Waals surface area (Å²) in [6.45, 7) is 1.60. The molecule has 2 heterocycles. The summed E-state index contributed by atoms with van der Waals surface area (Å²) in [5.74, 6) is -0.687. The van der Waals surface area contributed by atoms with Crippen molar-refractivity contribution >= 4 is 22.0 Å². The predicted molar refractivity (Wildman–Crippen MR) is 106 cm³/mol. The average Bonchev–Trinajstić information content (AvgIpc) is 3.36. The van der Waals surface area contributed by atoms with Crippen LogP contribution in [0.15, 0.2) is 29.2 Å². The van der Waals surface area contributed by atoms with Gasteiger partial charge in [-0.1, -0.05) is 31.6 Å². The second-order valence-electron chi connectivity index (χ2n) is 8.50. The van der Waals surface area contributed by atoms with Crippen molar-refractivity contribution in [2.45, 2.75) is 55.4 Å². The maximum Gasteiger partial charge on any atom is 0.310 e. The van der Waals surface area contributed by atoms with Crippen molar-refractivity contribution in [3.63, 3.8) is 0 Å². The zero-order chi connectivity index (χ0) is 22.5. The van der Waals surface area contributed by atoms with Crippen LogP contribution in [0.3, 0.4) is 0 Å². The van der Waals surface area contributed by atoms with Gasteiger partial charge in [-0.15, -0.1) is 0 Å². The Morgan fingerprint density at radius 2 is 1.68 bits per heavy atom. The quantitative estimate of drug-likeness (QED) is 0.556. The molecule has 0 radical (unpaired) electrons. The Bertz CT molecular complexity index is 870. The standard InChI is InChI=1S/C19H25F5N4O2S/c20-31(21,22,23,24)14-7-5-13(6-8-14)17(12-3-4-12)27-18(30)15-11-16(29)26-19(25-15)28-9-1-2-10-28/h5-8,12,15,17,19,25H,1-4,9-11H2,(H,26,29)(H,27,30)/t15?,17-,19?/m1/s1. The van der Waals surface area contributed by atoms with Gasteiger partial charge in [-0.3, -0.25) is 19.8 Å². The van der Waals surface area contributed by atoms with Crippen LogP contribution in [-0.4, -0.2) is 42.1 Å². The van der Waals surface area contributed by atoms with Crippen LogP contribution in [-0.2, 0) is 9.59 Å². The summed E-state index contributed by atoms with van der Waals surface area (Å²) in [5.41, 5.74) is 0.331. The van der Waals surface area contributed by atoms with Crippen molar-refractivity contribution in [3.8, 4) is 0 Å². The SMILES string of the molecule is O=C1CC(C(=O)N[C@@H](c2ccc(S(F)(F)(F)(F)F)cc2)C2CC2)NC(N2CCCC2)N1. The largest absolute Gasteiger partial charge is 0.348 e. The van der Waals surface area contributed by atoms with Crippen molar-refractivity contribution in [2.24, 2.45) is 5.92 Å². The Morgan fingerprint density at radius 3 is 2.23 bits per heavy atom. The first-order valence-electron chi connectivity index (χ1n) is 10.2. The zero-order valence-electron chi connectivity index (χ0n) is 16.6. The fourth-order valence-corrected chi connectivity index (χ4v) is 4.79. The molecule has 2 saturated heterocycles. The first-order valence-corrected chi connectivity index (χ1v) is 12.2. The van der Waals surface area contributed by atoms with E-state index < -0.39 is 39.4 Å². The zero-order valence-corrected chi connectivity index (χ0v) is 17.4. The molecule has 12 heteroatoms. The molecule has 1 aromatic rings. The van der Waals surface area contributed by atoms with E-state index in [1.54, 1.807) is 0 Å². The van der Waals surface area contributed by atoms with E-state index >= 15 is 0 Å². The topological polar surface area (TPSA) is 73.5 Å². The normalized spacial score (nSPS) is 28.4. The van der Waals surface area contributed by atoms with Gasteiger partial charge in [-0.25, -0.2) is 0 Å². The molecule has 2 aliphatic heterocycles. The van der Waals surface area contributed by atoms with E-state index in [-0.39, 0.29) is 18.2 Å². The number of carbonyl (C=O) groups excluding carboxylic acids is 2. The van der Waals surface area contributed by atoms with Gasteiger partial charge in [-0.05, 0) is 49.3 Å². The fraction of sp³-hybridized carbons (Fsp3) is 0.579. The summed E-state index contributed by atoms with van der Waals surface area (Å²) in [6.07, 6.45) is 3.03. The van der Waals surface area contributed by atoms with Crippen molar-refractivity contribution in [1.82, 2.24) is 20.9 Å². The van der Waals surface area contributed by atoms with Crippen LogP contribution in [0.1, 0.15) is 43.7 Å². The van der Waals surface area contributed by atoms with Crippen LogP contribution >= 0.6 is 10.2 Å². The third-order valence-electron chi connectivity index (χ3n) is 5.94. The highest BCUT2D eigenvalue weighted by Gasteiger charge is 2.65. The Morgan fingerprint density at radius 1 is 1.06 bits per heavy atom. The van der Waals surface area contributed by atoms with Crippen LogP contribution in [0.5, 0.6) is 0 Å². The van der Waals surface area contributed by atoms with Gasteiger partial charge in [0, 0.05) is 13.1 Å². The van der Waals surface area contributed by atoms with Crippen molar-refractivity contribution in [2.75, 3.05) is 13.1 Å². The van der Waals surface area contributed by atoms with Crippen LogP contribution in [0.4, 0.5) is 19.4 Å². The molecule has 6 nitrogen and oxygen atoms in total. The van der Waals surface area contributed by atoms with Gasteiger partial charge in [0.05, 0.1) is 18.5 Å². The molecule has 3 N–H and O–H groups in total. The number of benzene rings is 1. The summed E-state index contributed by atoms with van der Waals surface area (Å²) >= 11 is 0. The van der Waals surface area contributed by atoms with E-state index in [9.17, 15) is 29.0 Å². The van der Waals surface area contributed by atoms with E-state index in [0.29, 0.717) is 17.7 Å². The third kappa shape index (κ3) is 5.29. The molecular weight excluding hydrogens is 443 g/mol. The van der Waals surface area contributed by atoms with Gasteiger partial charge in [-0.2, -0.15) is 0 Å². The van der Waals surface area contributed by atoms with Crippen LogP contribution in [0.25, 0.3) is 0 Å². The number of rotatable bonds is 6. The molecule has 4 rings (SSSR count). The molecule has 31 heavy (non-hydrogen) atoms. The lowest BCUT2D eigenvalue weighted by Crippen LogP contribution is -2.66. The fourth-order valence-electron chi connectivity index (χ4n) is 4.14. The highest BCUT2D eigenvalue weighted by Crippen LogP contribution is 3.02. The Kier molecular flexibility index (Phi) is 5.06. The maximum atomic E-state index is 13.0. The molecule has 3 aliphatic rings. The smallest absolute Gasteiger partial charge is 0.310 e. The molecule has 3 atom stereocenters. The summed E-state index contributed by atoms with van der Waals surface area (Å²) in [7, 11) is -9.75. The lowest BCUT2D eigenvalue weighted by molar-refractivity contribution is -0.134. The monoisotopic (exact) mass is 468 g/mol. The number of halogens is 5. The molecular formula is C19H25F5N4O2S. The lowest BCUT2D eigenvalue weighted by Gasteiger charge is -2.40. The Hall–Kier alpha value is -1.92. The minimum absolute atomic E-state index is 0.0153. The number of amides is 2. The van der Waals surface area contributed by atoms with E-state index in [0.717, 1.165) is 50.9 Å². The number of carbonyl (C=O) groups is 2. The summed E-state index contributed by atoms with van der Waals surface area (Å²) in [6, 6.07) is 1.33. The van der Waals surface area contributed by atoms with E-state index in [2.05, 4.69) is 16.0 Å². The number of hydrogen-bond acceptors (Lipinski definition) is 4. The molecule has 0 spiro atoms. The van der Waals surface area contributed by atoms with Gasteiger partial charge in [0.15, 0.2) is 0 Å². The first kappa shape index (κ1) is 22.3. The number of nitrogens with zero attached hydrogens (tertiary/aromatic N) is 1. The second kappa shape index (κ2) is 7.04. The van der Waals surface area contributed by atoms with Gasteiger partial charge in [0.2, 0.25) is 11.8 Å². The minimum atomic E-state index is -9.75. The highest BCUT2D eigenvalue weighted by molar-refractivity contribution is 8.45. The summed E-state index contributed by atoms with van der Waals surface area (Å²) in [5, 5.41) is 8.75. The van der Waals surface area contributed by atoms with Gasteiger partial charge < -0.3 is 10.6 Å². The van der Waals surface area contributed by atoms with Gasteiger partial charge in [0.25, 0.3) is 0 Å². The van der Waals surface area contributed by atoms with E-state index in [1.165, 1.54) is 0 Å². The average molecular weight is 468 g/mol. The lowest BCUT2D eigenvalue weighted by atomic mass is 10.0. The van der Waals surface area contributed by atoms with Crippen molar-refractivity contribution < 1.29 is 29.0 Å². The molecule has 0 aromatic heterocycles. The summed E-state index contributed by atoms with van der Waals surface area (Å²) < 4.78 is 64.9. The molecule has 174 valence electrons. The van der Waals surface area contributed by atoms with Crippen LogP contribution in [0, 0.1) is 5.92 Å². The first-order chi connectivity index (χ1) is 14.3. The Labute approximate surface area is 176 Å². The molecule has 1 aliphatic carbocycles. The van der Waals surface area contributed by atoms with Gasteiger partial charge >= 0.3 is 10.2 Å². The minimum Gasteiger partial charge on any atom is -0.348 e. The molecule has 1 saturated carbocycles.